The van der Waals surface area contributed by atoms with Crippen molar-refractivity contribution in [3.05, 3.63) is 81.2 Å². The van der Waals surface area contributed by atoms with E-state index in [0.717, 1.165) is 11.3 Å². The minimum Gasteiger partial charge on any atom is -0.462 e. The lowest BCUT2D eigenvalue weighted by Gasteiger charge is -2.13. The van der Waals surface area contributed by atoms with Gasteiger partial charge in [0.1, 0.15) is 11.0 Å². The second-order valence-electron chi connectivity index (χ2n) is 7.67. The van der Waals surface area contributed by atoms with Crippen molar-refractivity contribution in [3.63, 3.8) is 0 Å². The van der Waals surface area contributed by atoms with E-state index in [4.69, 9.17) is 9.15 Å². The first kappa shape index (κ1) is 24.0. The van der Waals surface area contributed by atoms with Crippen molar-refractivity contribution < 1.29 is 23.5 Å². The number of benzene rings is 2. The van der Waals surface area contributed by atoms with Crippen molar-refractivity contribution >= 4 is 50.9 Å². The first-order valence-electron chi connectivity index (χ1n) is 10.9. The maximum Gasteiger partial charge on any atom is 0.420 e. The summed E-state index contributed by atoms with van der Waals surface area (Å²) in [7, 11) is 0. The third-order valence-electron chi connectivity index (χ3n) is 5.39. The molecule has 2 heterocycles. The first-order chi connectivity index (χ1) is 16.8. The summed E-state index contributed by atoms with van der Waals surface area (Å²) in [6.07, 6.45) is 0. The van der Waals surface area contributed by atoms with E-state index in [2.05, 4.69) is 10.6 Å². The molecule has 0 bridgehead atoms. The van der Waals surface area contributed by atoms with E-state index in [-0.39, 0.29) is 22.0 Å². The number of carbonyl (C=O) groups excluding carboxylic acids is 3. The fourth-order valence-electron chi connectivity index (χ4n) is 3.66. The van der Waals surface area contributed by atoms with Crippen molar-refractivity contribution in [2.24, 2.45) is 0 Å². The lowest BCUT2D eigenvalue weighted by Crippen LogP contribution is -2.29. The zero-order valence-corrected chi connectivity index (χ0v) is 20.1. The van der Waals surface area contributed by atoms with Gasteiger partial charge in [-0.2, -0.15) is 0 Å². The Labute approximate surface area is 204 Å². The van der Waals surface area contributed by atoms with Gasteiger partial charge in [-0.05, 0) is 50.6 Å². The maximum absolute atomic E-state index is 13.2. The van der Waals surface area contributed by atoms with E-state index in [9.17, 15) is 19.2 Å². The Balaban J connectivity index is 1.67. The molecule has 0 aliphatic heterocycles. The Bertz CT molecular complexity index is 1470. The molecule has 0 saturated heterocycles. The number of amides is 2. The van der Waals surface area contributed by atoms with Crippen LogP contribution in [-0.4, -0.2) is 29.0 Å². The summed E-state index contributed by atoms with van der Waals surface area (Å²) in [6.45, 7) is 4.96. The average molecular weight is 494 g/mol. The number of oxazole rings is 1. The van der Waals surface area contributed by atoms with Crippen LogP contribution in [0.2, 0.25) is 0 Å². The van der Waals surface area contributed by atoms with Crippen LogP contribution in [0.25, 0.3) is 11.1 Å². The Kier molecular flexibility index (Phi) is 6.83. The van der Waals surface area contributed by atoms with Crippen molar-refractivity contribution in [3.8, 4) is 0 Å². The Hall–Kier alpha value is -4.18. The van der Waals surface area contributed by atoms with Gasteiger partial charge in [0.2, 0.25) is 5.91 Å². The van der Waals surface area contributed by atoms with Crippen LogP contribution in [0.4, 0.5) is 10.7 Å². The van der Waals surface area contributed by atoms with Gasteiger partial charge in [0.05, 0.1) is 22.6 Å². The van der Waals surface area contributed by atoms with Gasteiger partial charge in [-0.1, -0.05) is 30.3 Å². The summed E-state index contributed by atoms with van der Waals surface area (Å²) >= 11 is 0.963. The largest absolute Gasteiger partial charge is 0.462 e. The van der Waals surface area contributed by atoms with Crippen LogP contribution in [0.3, 0.4) is 0 Å². The van der Waals surface area contributed by atoms with Crippen LogP contribution in [-0.2, 0) is 9.53 Å². The van der Waals surface area contributed by atoms with Crippen LogP contribution in [0, 0.1) is 6.92 Å². The highest BCUT2D eigenvalue weighted by Gasteiger charge is 2.29. The van der Waals surface area contributed by atoms with Gasteiger partial charge in [-0.3, -0.25) is 14.2 Å². The summed E-state index contributed by atoms with van der Waals surface area (Å²) < 4.78 is 11.6. The quantitative estimate of drug-likeness (QED) is 0.363. The van der Waals surface area contributed by atoms with E-state index < -0.39 is 29.6 Å². The highest BCUT2D eigenvalue weighted by atomic mass is 32.1. The van der Waals surface area contributed by atoms with Crippen LogP contribution < -0.4 is 16.4 Å². The molecule has 0 fully saturated rings. The van der Waals surface area contributed by atoms with Crippen molar-refractivity contribution in [2.45, 2.75) is 26.8 Å². The fourth-order valence-corrected chi connectivity index (χ4v) is 4.75. The van der Waals surface area contributed by atoms with E-state index in [1.807, 2.05) is 6.07 Å². The number of hydrogen-bond acceptors (Lipinski definition) is 7. The zero-order valence-electron chi connectivity index (χ0n) is 19.3. The minimum absolute atomic E-state index is 0.0972. The third-order valence-corrected chi connectivity index (χ3v) is 6.59. The summed E-state index contributed by atoms with van der Waals surface area (Å²) in [5, 5.41) is 5.66. The number of nitrogens with one attached hydrogen (secondary N) is 2. The molecule has 2 aromatic heterocycles. The van der Waals surface area contributed by atoms with E-state index in [1.165, 1.54) is 4.57 Å². The van der Waals surface area contributed by atoms with Gasteiger partial charge < -0.3 is 19.8 Å². The van der Waals surface area contributed by atoms with Crippen LogP contribution in [0.15, 0.2) is 63.8 Å². The van der Waals surface area contributed by atoms with Gasteiger partial charge in [0.15, 0.2) is 5.58 Å². The minimum atomic E-state index is -0.954. The van der Waals surface area contributed by atoms with Crippen LogP contribution >= 0.6 is 11.3 Å². The summed E-state index contributed by atoms with van der Waals surface area (Å²) in [6, 6.07) is 14.7. The Morgan fingerprint density at radius 2 is 1.74 bits per heavy atom. The molecule has 9 nitrogen and oxygen atoms in total. The monoisotopic (exact) mass is 493 g/mol. The van der Waals surface area contributed by atoms with Crippen molar-refractivity contribution in [1.29, 1.82) is 0 Å². The molecular weight excluding hydrogens is 470 g/mol. The van der Waals surface area contributed by atoms with Gasteiger partial charge in [0.25, 0.3) is 5.91 Å². The molecule has 1 unspecified atom stereocenters. The molecule has 0 spiro atoms. The predicted molar refractivity (Wildman–Crippen MR) is 133 cm³/mol. The van der Waals surface area contributed by atoms with Crippen LogP contribution in [0.5, 0.6) is 0 Å². The maximum atomic E-state index is 13.2. The van der Waals surface area contributed by atoms with E-state index >= 15 is 0 Å². The SMILES string of the molecule is CCOC(=O)c1c(NC(=O)C(C)n2c(=O)oc3ccccc32)sc(C(=O)Nc2ccccc2)c1C. The second kappa shape index (κ2) is 9.98. The van der Waals surface area contributed by atoms with E-state index in [1.54, 1.807) is 69.3 Å². The molecule has 2 amide bonds. The normalized spacial score (nSPS) is 11.7. The van der Waals surface area contributed by atoms with Crippen molar-refractivity contribution in [1.82, 2.24) is 4.57 Å². The standard InChI is InChI=1S/C25H23N3O6S/c1-4-33-24(31)19-14(2)20(22(30)26-16-10-6-5-7-11-16)35-23(19)27-21(29)15(3)28-17-12-8-9-13-18(17)34-25(28)32/h5-13,15H,4H2,1-3H3,(H,26,30)(H,27,29). The number of hydrogen-bond donors (Lipinski definition) is 2. The number of anilines is 2. The van der Waals surface area contributed by atoms with Crippen molar-refractivity contribution in [2.75, 3.05) is 17.2 Å². The molecule has 180 valence electrons. The lowest BCUT2D eigenvalue weighted by atomic mass is 10.1. The molecule has 4 rings (SSSR count). The molecule has 0 aliphatic carbocycles. The highest BCUT2D eigenvalue weighted by molar-refractivity contribution is 7.19. The number of thiophene rings is 1. The van der Waals surface area contributed by atoms with E-state index in [0.29, 0.717) is 22.4 Å². The molecule has 1 atom stereocenters. The number of para-hydroxylation sites is 3. The molecule has 35 heavy (non-hydrogen) atoms. The molecule has 4 aromatic rings. The van der Waals surface area contributed by atoms with Gasteiger partial charge in [-0.25, -0.2) is 9.59 Å². The van der Waals surface area contributed by atoms with Crippen LogP contribution in [0.1, 0.15) is 45.5 Å². The number of ether oxygens (including phenoxy) is 1. The first-order valence-corrected chi connectivity index (χ1v) is 11.7. The number of nitrogens with zero attached hydrogens (tertiary/aromatic N) is 1. The number of carbonyl (C=O) groups is 3. The van der Waals surface area contributed by atoms with Gasteiger partial charge in [-0.15, -0.1) is 11.3 Å². The average Bonchev–Trinajstić information content (AvgIpc) is 3.35. The third kappa shape index (κ3) is 4.73. The summed E-state index contributed by atoms with van der Waals surface area (Å²) in [4.78, 5) is 51.5. The number of esters is 1. The Morgan fingerprint density at radius 1 is 1.06 bits per heavy atom. The summed E-state index contributed by atoms with van der Waals surface area (Å²) in [5.41, 5.74) is 1.90. The predicted octanol–water partition coefficient (Wildman–Crippen LogP) is 4.59. The Morgan fingerprint density at radius 3 is 2.46 bits per heavy atom. The fraction of sp³-hybridized carbons (Fsp3) is 0.200. The lowest BCUT2D eigenvalue weighted by molar-refractivity contribution is -0.118. The zero-order chi connectivity index (χ0) is 25.1. The highest BCUT2D eigenvalue weighted by Crippen LogP contribution is 2.35. The number of aromatic nitrogens is 1. The molecule has 2 N–H and O–H groups in total. The molecule has 10 heteroatoms. The van der Waals surface area contributed by atoms with Gasteiger partial charge >= 0.3 is 11.7 Å². The molecule has 0 radical (unpaired) electrons. The molecule has 0 saturated carbocycles. The summed E-state index contributed by atoms with van der Waals surface area (Å²) in [5.74, 6) is -2.31. The topological polar surface area (TPSA) is 120 Å². The smallest absolute Gasteiger partial charge is 0.420 e. The molecular formula is C25H23N3O6S. The number of rotatable bonds is 7. The number of fused-ring (bicyclic) bond motifs is 1. The second-order valence-corrected chi connectivity index (χ2v) is 8.69. The van der Waals surface area contributed by atoms with Gasteiger partial charge in [0, 0.05) is 5.69 Å². The molecule has 0 aliphatic rings. The molecule has 2 aromatic carbocycles.